The predicted molar refractivity (Wildman–Crippen MR) is 81.9 cm³/mol. The van der Waals surface area contributed by atoms with Gasteiger partial charge in [0.05, 0.1) is 18.7 Å². The lowest BCUT2D eigenvalue weighted by atomic mass is 10.1. The number of methoxy groups -OCH3 is 1. The molecule has 1 unspecified atom stereocenters. The summed E-state index contributed by atoms with van der Waals surface area (Å²) in [5, 5.41) is 3.88. The molecular weight excluding hydrogens is 280 g/mol. The minimum atomic E-state index is 0.328. The number of aryl methyl sites for hydroxylation is 2. The van der Waals surface area contributed by atoms with Crippen molar-refractivity contribution < 1.29 is 9.26 Å². The molecule has 0 aromatic carbocycles. The van der Waals surface area contributed by atoms with Gasteiger partial charge in [0.2, 0.25) is 5.89 Å². The first kappa shape index (κ1) is 15.0. The van der Waals surface area contributed by atoms with Crippen LogP contribution in [0, 0.1) is 20.8 Å². The van der Waals surface area contributed by atoms with Crippen molar-refractivity contribution in [3.8, 4) is 5.75 Å². The fourth-order valence-electron chi connectivity index (χ4n) is 3.10. The fourth-order valence-corrected chi connectivity index (χ4v) is 3.10. The minimum Gasteiger partial charge on any atom is -0.496 e. The second-order valence-corrected chi connectivity index (χ2v) is 5.95. The lowest BCUT2D eigenvalue weighted by Gasteiger charge is -2.18. The van der Waals surface area contributed by atoms with Gasteiger partial charge in [0, 0.05) is 30.4 Å². The maximum absolute atomic E-state index is 5.48. The molecule has 1 fully saturated rings. The third kappa shape index (κ3) is 2.83. The highest BCUT2D eigenvalue weighted by atomic mass is 16.5. The van der Waals surface area contributed by atoms with E-state index in [1.807, 2.05) is 20.0 Å². The van der Waals surface area contributed by atoms with Gasteiger partial charge in [-0.05, 0) is 33.7 Å². The maximum atomic E-state index is 5.48. The Balaban J connectivity index is 1.70. The van der Waals surface area contributed by atoms with Crippen LogP contribution in [0.1, 0.15) is 40.9 Å². The number of aromatic nitrogens is 3. The van der Waals surface area contributed by atoms with Gasteiger partial charge in [0.15, 0.2) is 5.82 Å². The van der Waals surface area contributed by atoms with E-state index in [0.717, 1.165) is 54.5 Å². The Bertz CT molecular complexity index is 668. The predicted octanol–water partition coefficient (Wildman–Crippen LogP) is 2.39. The number of ether oxygens (including phenoxy) is 1. The Morgan fingerprint density at radius 3 is 2.86 bits per heavy atom. The van der Waals surface area contributed by atoms with Crippen molar-refractivity contribution in [2.45, 2.75) is 39.7 Å². The van der Waals surface area contributed by atoms with Gasteiger partial charge in [-0.2, -0.15) is 4.98 Å². The van der Waals surface area contributed by atoms with Gasteiger partial charge in [-0.15, -0.1) is 0 Å². The Labute approximate surface area is 130 Å². The monoisotopic (exact) mass is 302 g/mol. The molecule has 0 amide bonds. The van der Waals surface area contributed by atoms with E-state index in [0.29, 0.717) is 11.7 Å². The molecule has 1 saturated heterocycles. The first-order valence-electron chi connectivity index (χ1n) is 7.60. The molecule has 3 rings (SSSR count). The number of pyridine rings is 1. The molecule has 3 heterocycles. The summed E-state index contributed by atoms with van der Waals surface area (Å²) in [7, 11) is 1.71. The smallest absolute Gasteiger partial charge is 0.231 e. The van der Waals surface area contributed by atoms with Crippen LogP contribution in [-0.2, 0) is 6.54 Å². The molecule has 22 heavy (non-hydrogen) atoms. The van der Waals surface area contributed by atoms with Gasteiger partial charge >= 0.3 is 0 Å². The second-order valence-electron chi connectivity index (χ2n) is 5.95. The zero-order chi connectivity index (χ0) is 15.7. The third-order valence-corrected chi connectivity index (χ3v) is 4.29. The first-order chi connectivity index (χ1) is 10.6. The number of nitrogens with zero attached hydrogens (tertiary/aromatic N) is 4. The van der Waals surface area contributed by atoms with Crippen LogP contribution in [0.3, 0.4) is 0 Å². The second kappa shape index (κ2) is 6.04. The van der Waals surface area contributed by atoms with E-state index in [1.165, 1.54) is 0 Å². The number of likely N-dealkylation sites (tertiary alicyclic amines) is 1. The molecule has 0 radical (unpaired) electrons. The van der Waals surface area contributed by atoms with Gasteiger partial charge in [-0.25, -0.2) is 0 Å². The SMILES string of the molecule is COc1c(C)cnc(CN2CCC(c3nc(C)no3)C2)c1C. The summed E-state index contributed by atoms with van der Waals surface area (Å²) in [6.07, 6.45) is 2.93. The van der Waals surface area contributed by atoms with E-state index in [2.05, 4.69) is 26.9 Å². The molecular formula is C16H22N4O2. The van der Waals surface area contributed by atoms with Crippen LogP contribution in [0.5, 0.6) is 5.75 Å². The summed E-state index contributed by atoms with van der Waals surface area (Å²) >= 11 is 0. The zero-order valence-corrected chi connectivity index (χ0v) is 13.6. The summed E-state index contributed by atoms with van der Waals surface area (Å²) in [6, 6.07) is 0. The first-order valence-corrected chi connectivity index (χ1v) is 7.60. The van der Waals surface area contributed by atoms with Crippen molar-refractivity contribution in [3.63, 3.8) is 0 Å². The molecule has 0 spiro atoms. The van der Waals surface area contributed by atoms with Crippen molar-refractivity contribution in [3.05, 3.63) is 34.7 Å². The van der Waals surface area contributed by atoms with Crippen LogP contribution in [-0.4, -0.2) is 40.2 Å². The van der Waals surface area contributed by atoms with E-state index in [-0.39, 0.29) is 0 Å². The molecule has 1 aliphatic rings. The Hall–Kier alpha value is -1.95. The van der Waals surface area contributed by atoms with Crippen LogP contribution in [0.15, 0.2) is 10.7 Å². The molecule has 0 saturated carbocycles. The van der Waals surface area contributed by atoms with E-state index in [1.54, 1.807) is 7.11 Å². The number of rotatable bonds is 4. The molecule has 1 aliphatic heterocycles. The quantitative estimate of drug-likeness (QED) is 0.864. The van der Waals surface area contributed by atoms with Gasteiger partial charge in [0.1, 0.15) is 5.75 Å². The Morgan fingerprint density at radius 1 is 1.36 bits per heavy atom. The average molecular weight is 302 g/mol. The standard InChI is InChI=1S/C16H22N4O2/c1-10-7-17-14(11(2)15(10)21-4)9-20-6-5-13(8-20)16-18-12(3)19-22-16/h7,13H,5-6,8-9H2,1-4H3. The number of hydrogen-bond donors (Lipinski definition) is 0. The average Bonchev–Trinajstić information content (AvgIpc) is 3.11. The van der Waals surface area contributed by atoms with Crippen molar-refractivity contribution in [1.29, 1.82) is 0 Å². The van der Waals surface area contributed by atoms with Crippen molar-refractivity contribution in [2.24, 2.45) is 0 Å². The summed E-state index contributed by atoms with van der Waals surface area (Å²) in [5.74, 6) is 2.72. The van der Waals surface area contributed by atoms with E-state index >= 15 is 0 Å². The highest BCUT2D eigenvalue weighted by Gasteiger charge is 2.28. The van der Waals surface area contributed by atoms with Crippen LogP contribution in [0.25, 0.3) is 0 Å². The summed E-state index contributed by atoms with van der Waals surface area (Å²) < 4.78 is 10.8. The molecule has 0 N–H and O–H groups in total. The summed E-state index contributed by atoms with van der Waals surface area (Å²) in [5.41, 5.74) is 3.27. The van der Waals surface area contributed by atoms with E-state index in [4.69, 9.17) is 9.26 Å². The topological polar surface area (TPSA) is 64.3 Å². The molecule has 0 aliphatic carbocycles. The van der Waals surface area contributed by atoms with Crippen molar-refractivity contribution in [2.75, 3.05) is 20.2 Å². The summed E-state index contributed by atoms with van der Waals surface area (Å²) in [4.78, 5) is 11.3. The van der Waals surface area contributed by atoms with Crippen LogP contribution in [0.2, 0.25) is 0 Å². The highest BCUT2D eigenvalue weighted by molar-refractivity contribution is 5.41. The summed E-state index contributed by atoms with van der Waals surface area (Å²) in [6.45, 7) is 8.72. The van der Waals surface area contributed by atoms with Crippen molar-refractivity contribution >= 4 is 0 Å². The van der Waals surface area contributed by atoms with Gasteiger partial charge in [-0.3, -0.25) is 9.88 Å². The van der Waals surface area contributed by atoms with Gasteiger partial charge in [0.25, 0.3) is 0 Å². The molecule has 6 heteroatoms. The van der Waals surface area contributed by atoms with Crippen LogP contribution in [0.4, 0.5) is 0 Å². The zero-order valence-electron chi connectivity index (χ0n) is 13.6. The normalized spacial score (nSPS) is 18.8. The Morgan fingerprint density at radius 2 is 2.18 bits per heavy atom. The van der Waals surface area contributed by atoms with Crippen LogP contribution >= 0.6 is 0 Å². The largest absolute Gasteiger partial charge is 0.496 e. The lowest BCUT2D eigenvalue weighted by Crippen LogP contribution is -2.21. The molecule has 6 nitrogen and oxygen atoms in total. The van der Waals surface area contributed by atoms with E-state index in [9.17, 15) is 0 Å². The lowest BCUT2D eigenvalue weighted by molar-refractivity contribution is 0.304. The highest BCUT2D eigenvalue weighted by Crippen LogP contribution is 2.29. The minimum absolute atomic E-state index is 0.328. The molecule has 118 valence electrons. The third-order valence-electron chi connectivity index (χ3n) is 4.29. The fraction of sp³-hybridized carbons (Fsp3) is 0.562. The Kier molecular flexibility index (Phi) is 4.11. The number of hydrogen-bond acceptors (Lipinski definition) is 6. The van der Waals surface area contributed by atoms with Gasteiger partial charge < -0.3 is 9.26 Å². The maximum Gasteiger partial charge on any atom is 0.231 e. The molecule has 2 aromatic heterocycles. The van der Waals surface area contributed by atoms with Crippen molar-refractivity contribution in [1.82, 2.24) is 20.0 Å². The molecule has 2 aromatic rings. The molecule has 0 bridgehead atoms. The van der Waals surface area contributed by atoms with E-state index < -0.39 is 0 Å². The van der Waals surface area contributed by atoms with Crippen LogP contribution < -0.4 is 4.74 Å². The molecule has 1 atom stereocenters. The van der Waals surface area contributed by atoms with Gasteiger partial charge in [-0.1, -0.05) is 5.16 Å².